The molecule has 1 saturated heterocycles. The lowest BCUT2D eigenvalue weighted by atomic mass is 9.70. The van der Waals surface area contributed by atoms with E-state index in [4.69, 9.17) is 14.2 Å². The average molecular weight is 481 g/mol. The minimum atomic E-state index is -1.17. The first-order chi connectivity index (χ1) is 16.5. The minimum Gasteiger partial charge on any atom is -0.491 e. The molecule has 0 radical (unpaired) electrons. The van der Waals surface area contributed by atoms with Crippen molar-refractivity contribution in [1.82, 2.24) is 0 Å². The number of hydrogen-bond donors (Lipinski definition) is 1. The fraction of sp³-hybridized carbons (Fsp3) is 0.548. The van der Waals surface area contributed by atoms with Crippen LogP contribution in [0.15, 0.2) is 42.5 Å². The molecule has 1 unspecified atom stereocenters. The Balaban J connectivity index is 1.83. The van der Waals surface area contributed by atoms with Crippen molar-refractivity contribution in [2.45, 2.75) is 97.6 Å². The standard InChI is InChI=1S/C31H44O4/c1-9-30(21-34-30)17-16-25-12-13-26(18-22(25)4)31(10-2,11-3)27-14-15-28(23(5)19-27)33-20-24(6)35-29(7,8)32/h12-19,24,32H,9-11,20-21H2,1-8H3/b17-16+/t24-,30?/m0/s1. The van der Waals surface area contributed by atoms with Crippen LogP contribution in [-0.2, 0) is 14.9 Å². The van der Waals surface area contributed by atoms with Gasteiger partial charge in [0.25, 0.3) is 0 Å². The molecule has 35 heavy (non-hydrogen) atoms. The van der Waals surface area contributed by atoms with Gasteiger partial charge in [0.2, 0.25) is 0 Å². The summed E-state index contributed by atoms with van der Waals surface area (Å²) in [6, 6.07) is 13.4. The molecule has 1 heterocycles. The quantitative estimate of drug-likeness (QED) is 0.260. The smallest absolute Gasteiger partial charge is 0.160 e. The third kappa shape index (κ3) is 6.55. The van der Waals surface area contributed by atoms with E-state index in [1.807, 2.05) is 6.92 Å². The van der Waals surface area contributed by atoms with Crippen LogP contribution in [0.25, 0.3) is 6.08 Å². The van der Waals surface area contributed by atoms with Crippen LogP contribution < -0.4 is 4.74 Å². The monoisotopic (exact) mass is 480 g/mol. The van der Waals surface area contributed by atoms with Gasteiger partial charge in [0.15, 0.2) is 5.79 Å². The van der Waals surface area contributed by atoms with E-state index in [-0.39, 0.29) is 17.1 Å². The fourth-order valence-corrected chi connectivity index (χ4v) is 4.99. The zero-order valence-corrected chi connectivity index (χ0v) is 22.9. The Labute approximate surface area is 212 Å². The predicted octanol–water partition coefficient (Wildman–Crippen LogP) is 7.11. The Morgan fingerprint density at radius 1 is 1.03 bits per heavy atom. The molecular weight excluding hydrogens is 436 g/mol. The summed E-state index contributed by atoms with van der Waals surface area (Å²) in [6.07, 6.45) is 7.27. The predicted molar refractivity (Wildman–Crippen MR) is 144 cm³/mol. The number of aryl methyl sites for hydroxylation is 2. The van der Waals surface area contributed by atoms with E-state index in [0.29, 0.717) is 6.61 Å². The largest absolute Gasteiger partial charge is 0.491 e. The SMILES string of the molecule is CCC1(/C=C/c2ccc(C(CC)(CC)c3ccc(OC[C@H](C)OC(C)(C)O)c(C)c3)cc2C)CO1. The molecule has 0 spiro atoms. The Hall–Kier alpha value is -2.14. The molecule has 2 aromatic rings. The zero-order chi connectivity index (χ0) is 25.9. The summed E-state index contributed by atoms with van der Waals surface area (Å²) in [5, 5.41) is 9.86. The van der Waals surface area contributed by atoms with Crippen molar-refractivity contribution in [2.75, 3.05) is 13.2 Å². The summed E-state index contributed by atoms with van der Waals surface area (Å²) in [5.74, 6) is -0.319. The van der Waals surface area contributed by atoms with Gasteiger partial charge in [-0.3, -0.25) is 0 Å². The van der Waals surface area contributed by atoms with Crippen molar-refractivity contribution < 1.29 is 19.3 Å². The van der Waals surface area contributed by atoms with E-state index >= 15 is 0 Å². The molecular formula is C31H44O4. The summed E-state index contributed by atoms with van der Waals surface area (Å²) in [7, 11) is 0. The zero-order valence-electron chi connectivity index (χ0n) is 22.9. The van der Waals surface area contributed by atoms with Gasteiger partial charge >= 0.3 is 0 Å². The molecule has 4 heteroatoms. The second-order valence-corrected chi connectivity index (χ2v) is 10.6. The van der Waals surface area contributed by atoms with Gasteiger partial charge < -0.3 is 19.3 Å². The first-order valence-corrected chi connectivity index (χ1v) is 13.1. The van der Waals surface area contributed by atoms with Crippen molar-refractivity contribution in [2.24, 2.45) is 0 Å². The Kier molecular flexibility index (Phi) is 8.52. The van der Waals surface area contributed by atoms with Gasteiger partial charge in [-0.1, -0.05) is 57.2 Å². The normalized spacial score (nSPS) is 19.2. The molecule has 0 aromatic heterocycles. The van der Waals surface area contributed by atoms with Crippen molar-refractivity contribution in [3.8, 4) is 5.75 Å². The Morgan fingerprint density at radius 2 is 1.63 bits per heavy atom. The van der Waals surface area contributed by atoms with E-state index < -0.39 is 5.79 Å². The van der Waals surface area contributed by atoms with Gasteiger partial charge in [0, 0.05) is 5.41 Å². The molecule has 1 aliphatic heterocycles. The molecule has 2 atom stereocenters. The van der Waals surface area contributed by atoms with Crippen molar-refractivity contribution in [3.05, 3.63) is 70.3 Å². The van der Waals surface area contributed by atoms with Crippen LogP contribution in [0.3, 0.4) is 0 Å². The second kappa shape index (κ2) is 10.9. The highest BCUT2D eigenvalue weighted by Gasteiger charge is 2.39. The maximum atomic E-state index is 9.86. The molecule has 4 nitrogen and oxygen atoms in total. The van der Waals surface area contributed by atoms with E-state index in [1.54, 1.807) is 13.8 Å². The van der Waals surface area contributed by atoms with Crippen LogP contribution >= 0.6 is 0 Å². The van der Waals surface area contributed by atoms with Crippen LogP contribution in [-0.4, -0.2) is 35.8 Å². The summed E-state index contributed by atoms with van der Waals surface area (Å²) >= 11 is 0. The van der Waals surface area contributed by atoms with Crippen LogP contribution in [0.4, 0.5) is 0 Å². The van der Waals surface area contributed by atoms with E-state index in [2.05, 4.69) is 83.2 Å². The number of ether oxygens (including phenoxy) is 3. The number of benzene rings is 2. The topological polar surface area (TPSA) is 51.2 Å². The molecule has 0 amide bonds. The first-order valence-electron chi connectivity index (χ1n) is 13.1. The molecule has 0 bridgehead atoms. The summed E-state index contributed by atoms with van der Waals surface area (Å²) in [5.41, 5.74) is 6.21. The summed E-state index contributed by atoms with van der Waals surface area (Å²) < 4.78 is 17.2. The highest BCUT2D eigenvalue weighted by Crippen LogP contribution is 2.41. The molecule has 0 saturated carbocycles. The molecule has 1 aliphatic rings. The van der Waals surface area contributed by atoms with Gasteiger partial charge in [-0.2, -0.15) is 0 Å². The van der Waals surface area contributed by atoms with Gasteiger partial charge in [-0.25, -0.2) is 0 Å². The van der Waals surface area contributed by atoms with E-state index in [1.165, 1.54) is 22.3 Å². The molecule has 2 aromatic carbocycles. The lowest BCUT2D eigenvalue weighted by Crippen LogP contribution is -2.32. The molecule has 3 rings (SSSR count). The maximum absolute atomic E-state index is 9.86. The average Bonchev–Trinajstić information content (AvgIpc) is 3.58. The number of aliphatic hydroxyl groups is 1. The van der Waals surface area contributed by atoms with Gasteiger partial charge in [0.1, 0.15) is 18.0 Å². The van der Waals surface area contributed by atoms with Gasteiger partial charge in [-0.05, 0) is 93.8 Å². The lowest BCUT2D eigenvalue weighted by molar-refractivity contribution is -0.206. The van der Waals surface area contributed by atoms with Gasteiger partial charge in [-0.15, -0.1) is 0 Å². The van der Waals surface area contributed by atoms with E-state index in [0.717, 1.165) is 37.2 Å². The summed E-state index contributed by atoms with van der Waals surface area (Å²) in [4.78, 5) is 0. The third-order valence-electron chi connectivity index (χ3n) is 7.40. The second-order valence-electron chi connectivity index (χ2n) is 10.6. The first kappa shape index (κ1) is 27.4. The molecule has 1 fully saturated rings. The Bertz CT molecular complexity index is 1020. The van der Waals surface area contributed by atoms with Crippen LogP contribution in [0.1, 0.15) is 88.6 Å². The molecule has 1 N–H and O–H groups in total. The fourth-order valence-electron chi connectivity index (χ4n) is 4.99. The van der Waals surface area contributed by atoms with Crippen molar-refractivity contribution in [1.29, 1.82) is 0 Å². The van der Waals surface area contributed by atoms with Crippen LogP contribution in [0.2, 0.25) is 0 Å². The highest BCUT2D eigenvalue weighted by molar-refractivity contribution is 5.57. The van der Waals surface area contributed by atoms with Crippen molar-refractivity contribution >= 4 is 6.08 Å². The van der Waals surface area contributed by atoms with Crippen LogP contribution in [0.5, 0.6) is 5.75 Å². The van der Waals surface area contributed by atoms with Crippen LogP contribution in [0, 0.1) is 13.8 Å². The lowest BCUT2D eigenvalue weighted by Gasteiger charge is -2.34. The molecule has 0 aliphatic carbocycles. The van der Waals surface area contributed by atoms with E-state index in [9.17, 15) is 5.11 Å². The third-order valence-corrected chi connectivity index (χ3v) is 7.40. The maximum Gasteiger partial charge on any atom is 0.160 e. The number of hydrogen-bond acceptors (Lipinski definition) is 4. The summed E-state index contributed by atoms with van der Waals surface area (Å²) in [6.45, 7) is 17.4. The molecule has 192 valence electrons. The van der Waals surface area contributed by atoms with Gasteiger partial charge in [0.05, 0.1) is 12.7 Å². The highest BCUT2D eigenvalue weighted by atomic mass is 16.6. The van der Waals surface area contributed by atoms with Crippen molar-refractivity contribution in [3.63, 3.8) is 0 Å². The Morgan fingerprint density at radius 3 is 2.11 bits per heavy atom. The minimum absolute atomic E-state index is 0.0404. The number of epoxide rings is 1. The number of rotatable bonds is 12.